The molecule has 0 spiro atoms. The minimum atomic E-state index is -0.735. The summed E-state index contributed by atoms with van der Waals surface area (Å²) in [5.41, 5.74) is 9.61. The second-order valence-corrected chi connectivity index (χ2v) is 6.24. The third kappa shape index (κ3) is 6.10. The van der Waals surface area contributed by atoms with Crippen molar-refractivity contribution < 1.29 is 14.6 Å². The molecule has 2 rings (SSSR count). The molecule has 0 aliphatic carbocycles. The highest BCUT2D eigenvalue weighted by Crippen LogP contribution is 2.31. The van der Waals surface area contributed by atoms with Crippen LogP contribution in [0.2, 0.25) is 0 Å². The smallest absolute Gasteiger partial charge is 0.330 e. The fraction of sp³-hybridized carbons (Fsp3) is 0.294. The molecule has 1 saturated heterocycles. The summed E-state index contributed by atoms with van der Waals surface area (Å²) in [5.74, 6) is 0. The number of hydrazine groups is 1. The SMILES string of the molecule is CN1CCCC1/C(C=Nc1ccc([N+](=O)[O-])cc1[N+](=O)[O-])=C\C=C\NNC(N)=O. The van der Waals surface area contributed by atoms with Crippen LogP contribution in [0.4, 0.5) is 21.9 Å². The molecule has 2 amide bonds. The molecule has 0 saturated carbocycles. The highest BCUT2D eigenvalue weighted by atomic mass is 16.6. The Labute approximate surface area is 166 Å². The normalized spacial score (nSPS) is 17.7. The number of amides is 2. The summed E-state index contributed by atoms with van der Waals surface area (Å²) in [5, 5.41) is 22.1. The lowest BCUT2D eigenvalue weighted by Gasteiger charge is -2.20. The molecule has 29 heavy (non-hydrogen) atoms. The van der Waals surface area contributed by atoms with Gasteiger partial charge in [0, 0.05) is 24.5 Å². The van der Waals surface area contributed by atoms with Gasteiger partial charge >= 0.3 is 11.7 Å². The van der Waals surface area contributed by atoms with Crippen molar-refractivity contribution in [1.82, 2.24) is 15.8 Å². The summed E-state index contributed by atoms with van der Waals surface area (Å²) in [7, 11) is 1.96. The van der Waals surface area contributed by atoms with Crippen molar-refractivity contribution in [1.29, 1.82) is 0 Å². The second kappa shape index (κ2) is 9.94. The Hall–Kier alpha value is -3.80. The van der Waals surface area contributed by atoms with Gasteiger partial charge in [0.1, 0.15) is 5.69 Å². The number of aliphatic imine (C=N–C) groups is 1. The van der Waals surface area contributed by atoms with Gasteiger partial charge in [0.05, 0.1) is 15.9 Å². The van der Waals surface area contributed by atoms with Crippen LogP contribution in [0.15, 0.2) is 47.1 Å². The summed E-state index contributed by atoms with van der Waals surface area (Å²) in [6.45, 7) is 0.902. The van der Waals surface area contributed by atoms with Crippen molar-refractivity contribution in [2.75, 3.05) is 13.6 Å². The van der Waals surface area contributed by atoms with E-state index in [-0.39, 0.29) is 17.4 Å². The number of likely N-dealkylation sites (tertiary alicyclic amines) is 1. The molecule has 1 heterocycles. The highest BCUT2D eigenvalue weighted by Gasteiger charge is 2.24. The van der Waals surface area contributed by atoms with Crippen molar-refractivity contribution in [3.63, 3.8) is 0 Å². The fourth-order valence-corrected chi connectivity index (χ4v) is 2.92. The molecule has 154 valence electrons. The number of nitro benzene ring substituents is 2. The number of hydrogen-bond donors (Lipinski definition) is 3. The number of nitrogens with one attached hydrogen (secondary N) is 2. The molecule has 12 nitrogen and oxygen atoms in total. The van der Waals surface area contributed by atoms with E-state index in [9.17, 15) is 25.0 Å². The number of carbonyl (C=O) groups is 1. The second-order valence-electron chi connectivity index (χ2n) is 6.24. The Bertz CT molecular complexity index is 881. The summed E-state index contributed by atoms with van der Waals surface area (Å²) < 4.78 is 0. The molecule has 1 atom stereocenters. The zero-order valence-corrected chi connectivity index (χ0v) is 15.6. The summed E-state index contributed by atoms with van der Waals surface area (Å²) >= 11 is 0. The lowest BCUT2D eigenvalue weighted by atomic mass is 10.1. The van der Waals surface area contributed by atoms with Gasteiger partial charge < -0.3 is 11.2 Å². The summed E-state index contributed by atoms with van der Waals surface area (Å²) in [6.07, 6.45) is 8.23. The van der Waals surface area contributed by atoms with Crippen LogP contribution in [-0.4, -0.2) is 46.6 Å². The fourth-order valence-electron chi connectivity index (χ4n) is 2.92. The van der Waals surface area contributed by atoms with E-state index in [1.807, 2.05) is 7.05 Å². The number of primary amides is 1. The standard InChI is InChI=1S/C17H21N7O5/c1-22-9-3-5-15(22)12(4-2-8-20-21-17(18)25)11-19-14-7-6-13(23(26)27)10-16(14)24(28)29/h2,4,6-8,10-11,15,20H,3,5,9H2,1H3,(H3,18,21,25)/b8-2+,12-4-,19-11?. The van der Waals surface area contributed by atoms with Crippen LogP contribution in [0.1, 0.15) is 12.8 Å². The van der Waals surface area contributed by atoms with Crippen LogP contribution >= 0.6 is 0 Å². The van der Waals surface area contributed by atoms with E-state index in [1.165, 1.54) is 24.5 Å². The van der Waals surface area contributed by atoms with Crippen LogP contribution < -0.4 is 16.6 Å². The maximum atomic E-state index is 11.3. The zero-order chi connectivity index (χ0) is 21.4. The molecule has 1 fully saturated rings. The molecule has 1 aliphatic heterocycles. The molecular weight excluding hydrogens is 382 g/mol. The van der Waals surface area contributed by atoms with Gasteiger partial charge in [-0.2, -0.15) is 0 Å². The number of urea groups is 1. The van der Waals surface area contributed by atoms with Gasteiger partial charge in [-0.25, -0.2) is 9.79 Å². The lowest BCUT2D eigenvalue weighted by molar-refractivity contribution is -0.393. The van der Waals surface area contributed by atoms with Gasteiger partial charge in [-0.3, -0.25) is 30.6 Å². The number of carbonyl (C=O) groups excluding carboxylic acids is 1. The number of nitrogens with two attached hydrogens (primary N) is 1. The van der Waals surface area contributed by atoms with E-state index in [2.05, 4.69) is 20.7 Å². The van der Waals surface area contributed by atoms with Crippen LogP contribution in [0.3, 0.4) is 0 Å². The molecule has 12 heteroatoms. The Morgan fingerprint density at radius 1 is 1.34 bits per heavy atom. The minimum Gasteiger partial charge on any atom is -0.350 e. The number of rotatable bonds is 8. The zero-order valence-electron chi connectivity index (χ0n) is 15.6. The van der Waals surface area contributed by atoms with Crippen molar-refractivity contribution in [2.24, 2.45) is 10.7 Å². The number of allylic oxidation sites excluding steroid dienone is 2. The minimum absolute atomic E-state index is 0.0182. The number of nitro groups is 2. The highest BCUT2D eigenvalue weighted by molar-refractivity contribution is 5.84. The van der Waals surface area contributed by atoms with Crippen molar-refractivity contribution >= 4 is 29.3 Å². The molecular formula is C17H21N7O5. The first-order chi connectivity index (χ1) is 13.8. The molecule has 0 aromatic heterocycles. The van der Waals surface area contributed by atoms with Crippen LogP contribution in [0, 0.1) is 20.2 Å². The Balaban J connectivity index is 2.30. The quantitative estimate of drug-likeness (QED) is 0.258. The topological polar surface area (TPSA) is 169 Å². The van der Waals surface area contributed by atoms with Crippen LogP contribution in [0.5, 0.6) is 0 Å². The van der Waals surface area contributed by atoms with Crippen LogP contribution in [-0.2, 0) is 0 Å². The average Bonchev–Trinajstić information content (AvgIpc) is 3.09. The molecule has 0 radical (unpaired) electrons. The van der Waals surface area contributed by atoms with Gasteiger partial charge in [-0.15, -0.1) is 0 Å². The number of non-ortho nitro benzene ring substituents is 1. The third-order valence-corrected chi connectivity index (χ3v) is 4.29. The van der Waals surface area contributed by atoms with E-state index < -0.39 is 21.6 Å². The first-order valence-electron chi connectivity index (χ1n) is 8.64. The predicted octanol–water partition coefficient (Wildman–Crippen LogP) is 1.91. The summed E-state index contributed by atoms with van der Waals surface area (Å²) in [4.78, 5) is 37.7. The monoisotopic (exact) mass is 403 g/mol. The Morgan fingerprint density at radius 3 is 2.69 bits per heavy atom. The van der Waals surface area contributed by atoms with E-state index in [4.69, 9.17) is 5.73 Å². The Kier molecular flexibility index (Phi) is 7.37. The number of benzene rings is 1. The van der Waals surface area contributed by atoms with E-state index in [1.54, 1.807) is 12.2 Å². The first-order valence-corrected chi connectivity index (χ1v) is 8.64. The number of likely N-dealkylation sites (N-methyl/N-ethyl adjacent to an activating group) is 1. The van der Waals surface area contributed by atoms with Gasteiger partial charge in [0.25, 0.3) is 5.69 Å². The maximum Gasteiger partial charge on any atom is 0.330 e. The number of hydrogen-bond acceptors (Lipinski definition) is 8. The average molecular weight is 403 g/mol. The van der Waals surface area contributed by atoms with Crippen molar-refractivity contribution in [3.8, 4) is 0 Å². The van der Waals surface area contributed by atoms with Crippen LogP contribution in [0.25, 0.3) is 0 Å². The maximum absolute atomic E-state index is 11.3. The van der Waals surface area contributed by atoms with E-state index in [0.717, 1.165) is 31.0 Å². The summed E-state index contributed by atoms with van der Waals surface area (Å²) in [6, 6.07) is 2.63. The van der Waals surface area contributed by atoms with Crippen molar-refractivity contribution in [3.05, 3.63) is 62.4 Å². The van der Waals surface area contributed by atoms with E-state index in [0.29, 0.717) is 0 Å². The molecule has 0 bridgehead atoms. The Morgan fingerprint density at radius 2 is 2.10 bits per heavy atom. The van der Waals surface area contributed by atoms with Gasteiger partial charge in [0.2, 0.25) is 0 Å². The third-order valence-electron chi connectivity index (χ3n) is 4.29. The largest absolute Gasteiger partial charge is 0.350 e. The predicted molar refractivity (Wildman–Crippen MR) is 107 cm³/mol. The van der Waals surface area contributed by atoms with Crippen molar-refractivity contribution in [2.45, 2.75) is 18.9 Å². The molecule has 1 unspecified atom stereocenters. The van der Waals surface area contributed by atoms with Gasteiger partial charge in [0.15, 0.2) is 0 Å². The molecule has 1 aromatic rings. The molecule has 1 aliphatic rings. The molecule has 1 aromatic carbocycles. The number of nitrogens with zero attached hydrogens (tertiary/aromatic N) is 4. The lowest BCUT2D eigenvalue weighted by Crippen LogP contribution is -2.37. The first kappa shape index (κ1) is 21.5. The van der Waals surface area contributed by atoms with Gasteiger partial charge in [-0.1, -0.05) is 6.08 Å². The van der Waals surface area contributed by atoms with E-state index >= 15 is 0 Å². The van der Waals surface area contributed by atoms with Gasteiger partial charge in [-0.05, 0) is 44.1 Å². The molecule has 4 N–H and O–H groups in total.